The number of carbonyl (C=O) groups is 2. The van der Waals surface area contributed by atoms with Crippen molar-refractivity contribution in [3.8, 4) is 0 Å². The highest BCUT2D eigenvalue weighted by Crippen LogP contribution is 2.39. The van der Waals surface area contributed by atoms with Crippen LogP contribution in [0, 0.1) is 5.82 Å². The van der Waals surface area contributed by atoms with Crippen LogP contribution in [-0.2, 0) is 27.2 Å². The van der Waals surface area contributed by atoms with Gasteiger partial charge in [0.05, 0.1) is 6.42 Å². The third kappa shape index (κ3) is 7.16. The summed E-state index contributed by atoms with van der Waals surface area (Å²) >= 11 is 0. The van der Waals surface area contributed by atoms with Gasteiger partial charge in [-0.1, -0.05) is 6.07 Å². The van der Waals surface area contributed by atoms with Crippen molar-refractivity contribution in [3.05, 3.63) is 35.1 Å². The molecular formula is C26H39FN2O4. The molecular weight excluding hydrogens is 423 g/mol. The van der Waals surface area contributed by atoms with Crippen molar-refractivity contribution in [2.45, 2.75) is 96.9 Å². The molecule has 2 saturated heterocycles. The highest BCUT2D eigenvalue weighted by molar-refractivity contribution is 5.73. The molecule has 0 aromatic heterocycles. The van der Waals surface area contributed by atoms with Crippen molar-refractivity contribution >= 4 is 12.1 Å². The molecule has 0 aliphatic carbocycles. The van der Waals surface area contributed by atoms with Gasteiger partial charge in [-0.25, -0.2) is 9.18 Å². The van der Waals surface area contributed by atoms with Crippen LogP contribution in [0.25, 0.3) is 0 Å². The molecule has 3 rings (SSSR count). The van der Waals surface area contributed by atoms with Crippen molar-refractivity contribution in [3.63, 3.8) is 0 Å². The van der Waals surface area contributed by atoms with Gasteiger partial charge in [-0.2, -0.15) is 0 Å². The Morgan fingerprint density at radius 1 is 0.909 bits per heavy atom. The lowest BCUT2D eigenvalue weighted by Crippen LogP contribution is -2.53. The van der Waals surface area contributed by atoms with Gasteiger partial charge in [0.1, 0.15) is 17.0 Å². The molecule has 1 aromatic rings. The van der Waals surface area contributed by atoms with Gasteiger partial charge in [0.2, 0.25) is 0 Å². The second-order valence-electron chi connectivity index (χ2n) is 11.4. The average Bonchev–Trinajstić information content (AvgIpc) is 3.00. The minimum atomic E-state index is -0.566. The normalized spacial score (nSPS) is 19.1. The molecule has 0 bridgehead atoms. The predicted octanol–water partition coefficient (Wildman–Crippen LogP) is 5.08. The largest absolute Gasteiger partial charge is 0.460 e. The van der Waals surface area contributed by atoms with Crippen LogP contribution in [-0.4, -0.2) is 58.2 Å². The molecule has 2 aliphatic rings. The number of hydrogen-bond acceptors (Lipinski definition) is 5. The highest BCUT2D eigenvalue weighted by Gasteiger charge is 2.44. The minimum Gasteiger partial charge on any atom is -0.460 e. The van der Waals surface area contributed by atoms with Crippen LogP contribution in [0.3, 0.4) is 0 Å². The Morgan fingerprint density at radius 2 is 1.52 bits per heavy atom. The van der Waals surface area contributed by atoms with E-state index < -0.39 is 11.2 Å². The predicted molar refractivity (Wildman–Crippen MR) is 125 cm³/mol. The molecule has 6 nitrogen and oxygen atoms in total. The molecule has 7 heteroatoms. The Balaban J connectivity index is 1.64. The molecule has 2 fully saturated rings. The summed E-state index contributed by atoms with van der Waals surface area (Å²) in [5.74, 6) is -0.690. The number of halogens is 1. The summed E-state index contributed by atoms with van der Waals surface area (Å²) in [6.45, 7) is 14.0. The average molecular weight is 463 g/mol. The number of rotatable bonds is 4. The number of esters is 1. The number of hydrogen-bond donors (Lipinski definition) is 0. The van der Waals surface area contributed by atoms with Crippen LogP contribution in [0.4, 0.5) is 9.18 Å². The Bertz CT molecular complexity index is 864. The van der Waals surface area contributed by atoms with Gasteiger partial charge >= 0.3 is 12.1 Å². The maximum atomic E-state index is 14.4. The van der Waals surface area contributed by atoms with Gasteiger partial charge in [-0.15, -0.1) is 0 Å². The molecule has 0 unspecified atom stereocenters. The first-order chi connectivity index (χ1) is 15.2. The van der Waals surface area contributed by atoms with Gasteiger partial charge in [-0.3, -0.25) is 9.69 Å². The van der Waals surface area contributed by atoms with Crippen molar-refractivity contribution in [1.29, 1.82) is 0 Å². The van der Waals surface area contributed by atoms with E-state index >= 15 is 0 Å². The van der Waals surface area contributed by atoms with E-state index in [0.717, 1.165) is 37.8 Å². The number of carbonyl (C=O) groups excluding carboxylic acids is 2. The molecule has 184 valence electrons. The summed E-state index contributed by atoms with van der Waals surface area (Å²) in [6, 6.07) is 4.88. The molecule has 1 aromatic carbocycles. The topological polar surface area (TPSA) is 59.1 Å². The number of benzene rings is 1. The van der Waals surface area contributed by atoms with E-state index in [1.807, 2.05) is 47.6 Å². The standard InChI is InChI=1S/C26H39FN2O4/c1-24(2,3)32-22(30)17-19-14-20(16-21(27)15-19)18-29-11-7-8-26(29)9-12-28(13-10-26)23(31)33-25(4,5)6/h14-16H,7-13,17-18H2,1-6H3. The second-order valence-corrected chi connectivity index (χ2v) is 11.4. The SMILES string of the molecule is CC(C)(C)OC(=O)Cc1cc(F)cc(CN2CCCC23CCN(C(=O)OC(C)(C)C)CC3)c1. The van der Waals surface area contributed by atoms with Crippen LogP contribution in [0.5, 0.6) is 0 Å². The fourth-order valence-corrected chi connectivity index (χ4v) is 4.91. The van der Waals surface area contributed by atoms with E-state index in [0.29, 0.717) is 25.2 Å². The molecule has 0 N–H and O–H groups in total. The summed E-state index contributed by atoms with van der Waals surface area (Å²) in [5, 5.41) is 0. The van der Waals surface area contributed by atoms with Crippen LogP contribution in [0.15, 0.2) is 18.2 Å². The number of amides is 1. The van der Waals surface area contributed by atoms with Crippen molar-refractivity contribution in [1.82, 2.24) is 9.80 Å². The Hall–Kier alpha value is -2.15. The fraction of sp³-hybridized carbons (Fsp3) is 0.692. The third-order valence-corrected chi connectivity index (χ3v) is 6.25. The number of ether oxygens (including phenoxy) is 2. The first kappa shape index (κ1) is 25.5. The molecule has 0 atom stereocenters. The summed E-state index contributed by atoms with van der Waals surface area (Å²) in [4.78, 5) is 28.9. The molecule has 0 radical (unpaired) electrons. The van der Waals surface area contributed by atoms with Crippen molar-refractivity contribution < 1.29 is 23.5 Å². The van der Waals surface area contributed by atoms with Gasteiger partial charge in [-0.05, 0) is 97.0 Å². The number of nitrogens with zero attached hydrogens (tertiary/aromatic N) is 2. The second kappa shape index (κ2) is 9.61. The van der Waals surface area contributed by atoms with E-state index in [1.54, 1.807) is 11.0 Å². The molecule has 0 saturated carbocycles. The molecule has 33 heavy (non-hydrogen) atoms. The smallest absolute Gasteiger partial charge is 0.410 e. The van der Waals surface area contributed by atoms with Crippen LogP contribution in [0.2, 0.25) is 0 Å². The van der Waals surface area contributed by atoms with Gasteiger partial charge in [0, 0.05) is 25.2 Å². The van der Waals surface area contributed by atoms with Crippen LogP contribution >= 0.6 is 0 Å². The van der Waals surface area contributed by atoms with E-state index in [-0.39, 0.29) is 29.8 Å². The van der Waals surface area contributed by atoms with Crippen LogP contribution < -0.4 is 0 Å². The maximum Gasteiger partial charge on any atom is 0.410 e. The summed E-state index contributed by atoms with van der Waals surface area (Å²) in [6.07, 6.45) is 3.73. The first-order valence-corrected chi connectivity index (χ1v) is 12.0. The monoisotopic (exact) mass is 462 g/mol. The number of piperidine rings is 1. The van der Waals surface area contributed by atoms with Gasteiger partial charge < -0.3 is 14.4 Å². The van der Waals surface area contributed by atoms with Crippen LogP contribution in [0.1, 0.15) is 78.4 Å². The zero-order valence-corrected chi connectivity index (χ0v) is 21.0. The minimum absolute atomic E-state index is 0.0240. The summed E-state index contributed by atoms with van der Waals surface area (Å²) < 4.78 is 25.3. The maximum absolute atomic E-state index is 14.4. The zero-order valence-electron chi connectivity index (χ0n) is 21.0. The Kier molecular flexibility index (Phi) is 7.42. The van der Waals surface area contributed by atoms with E-state index in [9.17, 15) is 14.0 Å². The van der Waals surface area contributed by atoms with Gasteiger partial charge in [0.15, 0.2) is 0 Å². The van der Waals surface area contributed by atoms with Crippen molar-refractivity contribution in [2.75, 3.05) is 19.6 Å². The Labute approximate surface area is 197 Å². The molecule has 1 spiro atoms. The molecule has 2 heterocycles. The van der Waals surface area contributed by atoms with E-state index in [1.165, 1.54) is 6.07 Å². The van der Waals surface area contributed by atoms with E-state index in [2.05, 4.69) is 4.90 Å². The zero-order chi connectivity index (χ0) is 24.4. The molecule has 2 aliphatic heterocycles. The van der Waals surface area contributed by atoms with Crippen molar-refractivity contribution in [2.24, 2.45) is 0 Å². The number of likely N-dealkylation sites (tertiary alicyclic amines) is 2. The lowest BCUT2D eigenvalue weighted by molar-refractivity contribution is -0.153. The Morgan fingerprint density at radius 3 is 2.12 bits per heavy atom. The lowest BCUT2D eigenvalue weighted by Gasteiger charge is -2.45. The lowest BCUT2D eigenvalue weighted by atomic mass is 9.85. The quantitative estimate of drug-likeness (QED) is 0.585. The fourth-order valence-electron chi connectivity index (χ4n) is 4.91. The first-order valence-electron chi connectivity index (χ1n) is 12.0. The molecule has 1 amide bonds. The van der Waals surface area contributed by atoms with E-state index in [4.69, 9.17) is 9.47 Å². The third-order valence-electron chi connectivity index (χ3n) is 6.25. The van der Waals surface area contributed by atoms with Gasteiger partial charge in [0.25, 0.3) is 0 Å². The summed E-state index contributed by atoms with van der Waals surface area (Å²) in [5.41, 5.74) is 0.455. The highest BCUT2D eigenvalue weighted by atomic mass is 19.1. The summed E-state index contributed by atoms with van der Waals surface area (Å²) in [7, 11) is 0.